The van der Waals surface area contributed by atoms with Crippen LogP contribution in [0.1, 0.15) is 25.7 Å². The van der Waals surface area contributed by atoms with E-state index in [1.807, 2.05) is 0 Å². The molecule has 1 rings (SSSR count). The summed E-state index contributed by atoms with van der Waals surface area (Å²) in [6.45, 7) is -0.645. The molecule has 2 atom stereocenters. The van der Waals surface area contributed by atoms with Crippen molar-refractivity contribution in [2.75, 3.05) is 18.4 Å². The number of hydrogen-bond acceptors (Lipinski definition) is 1. The minimum absolute atomic E-state index is 0.0145. The van der Waals surface area contributed by atoms with Gasteiger partial charge in [0, 0.05) is 17.8 Å². The lowest BCUT2D eigenvalue weighted by atomic mass is 9.80. The van der Waals surface area contributed by atoms with Crippen molar-refractivity contribution in [3.8, 4) is 0 Å². The maximum atomic E-state index is 12.7. The maximum Gasteiger partial charge on any atom is 0.391 e. The Morgan fingerprint density at radius 3 is 2.45 bits per heavy atom. The van der Waals surface area contributed by atoms with Gasteiger partial charge in [0.15, 0.2) is 0 Å². The van der Waals surface area contributed by atoms with Crippen LogP contribution in [0.5, 0.6) is 0 Å². The molecule has 0 spiro atoms. The van der Waals surface area contributed by atoms with E-state index in [4.69, 9.17) is 0 Å². The number of nitrogens with zero attached hydrogens (tertiary/aromatic N) is 1. The minimum atomic E-state index is -4.32. The topological polar surface area (TPSA) is 20.3 Å². The largest absolute Gasteiger partial charge is 0.391 e. The van der Waals surface area contributed by atoms with Gasteiger partial charge in [-0.25, -0.2) is 8.78 Å². The molecule has 2 unspecified atom stereocenters. The molecule has 1 aliphatic rings. The molecule has 0 N–H and O–H groups in total. The summed E-state index contributed by atoms with van der Waals surface area (Å²) in [6, 6.07) is 0. The third-order valence-corrected chi connectivity index (χ3v) is 3.87. The predicted octanol–water partition coefficient (Wildman–Crippen LogP) is 3.84. The van der Waals surface area contributed by atoms with Crippen LogP contribution in [0, 0.1) is 11.8 Å². The average molecular weight is 366 g/mol. The Bertz CT molecular complexity index is 323. The van der Waals surface area contributed by atoms with E-state index >= 15 is 0 Å². The Hall–Kier alpha value is -0.400. The normalized spacial score (nSPS) is 23.9. The first-order chi connectivity index (χ1) is 9.25. The molecule has 1 saturated carbocycles. The van der Waals surface area contributed by atoms with E-state index in [1.54, 1.807) is 0 Å². The zero-order valence-electron chi connectivity index (χ0n) is 10.8. The highest BCUT2D eigenvalue weighted by molar-refractivity contribution is 9.09. The van der Waals surface area contributed by atoms with Crippen molar-refractivity contribution in [2.45, 2.75) is 38.3 Å². The van der Waals surface area contributed by atoms with Gasteiger partial charge >= 0.3 is 6.18 Å². The number of carbonyl (C=O) groups excluding carboxylic acids is 1. The second-order valence-electron chi connectivity index (χ2n) is 4.97. The molecule has 0 heterocycles. The number of amides is 1. The number of rotatable bonds is 5. The summed E-state index contributed by atoms with van der Waals surface area (Å²) in [6.07, 6.45) is -6.63. The van der Waals surface area contributed by atoms with Crippen LogP contribution in [0.15, 0.2) is 0 Å². The molecule has 1 amide bonds. The summed E-state index contributed by atoms with van der Waals surface area (Å²) in [5, 5.41) is 0.320. The highest BCUT2D eigenvalue weighted by Gasteiger charge is 2.44. The van der Waals surface area contributed by atoms with Crippen LogP contribution < -0.4 is 0 Å². The molecule has 0 aromatic carbocycles. The highest BCUT2D eigenvalue weighted by Crippen LogP contribution is 2.40. The van der Waals surface area contributed by atoms with Crippen LogP contribution >= 0.6 is 15.9 Å². The summed E-state index contributed by atoms with van der Waals surface area (Å²) in [7, 11) is 0. The van der Waals surface area contributed by atoms with Crippen molar-refractivity contribution in [2.24, 2.45) is 11.8 Å². The zero-order valence-corrected chi connectivity index (χ0v) is 12.4. The first-order valence-corrected chi connectivity index (χ1v) is 7.57. The SMILES string of the molecule is O=C(C1CCCC(C(F)(F)F)C1)N(CCBr)CC(F)F. The van der Waals surface area contributed by atoms with Crippen molar-refractivity contribution in [3.05, 3.63) is 0 Å². The Kier molecular flexibility index (Phi) is 6.68. The van der Waals surface area contributed by atoms with Gasteiger partial charge in [0.05, 0.1) is 12.5 Å². The van der Waals surface area contributed by atoms with E-state index in [2.05, 4.69) is 15.9 Å². The van der Waals surface area contributed by atoms with Crippen LogP contribution in [0.25, 0.3) is 0 Å². The molecule has 1 aliphatic carbocycles. The third-order valence-electron chi connectivity index (χ3n) is 3.51. The molecule has 2 nitrogen and oxygen atoms in total. The first kappa shape index (κ1) is 17.7. The molecule has 0 aliphatic heterocycles. The first-order valence-electron chi connectivity index (χ1n) is 6.45. The van der Waals surface area contributed by atoms with Crippen molar-refractivity contribution in [1.82, 2.24) is 4.90 Å². The lowest BCUT2D eigenvalue weighted by Gasteiger charge is -2.33. The standard InChI is InChI=1S/C12H17BrF5NO/c13-4-5-19(7-10(14)15)11(20)8-2-1-3-9(6-8)12(16,17)18/h8-10H,1-7H2. The molecule has 0 aromatic rings. The van der Waals surface area contributed by atoms with Gasteiger partial charge in [0.25, 0.3) is 6.43 Å². The van der Waals surface area contributed by atoms with E-state index in [0.717, 1.165) is 4.90 Å². The fourth-order valence-electron chi connectivity index (χ4n) is 2.53. The van der Waals surface area contributed by atoms with Gasteiger partial charge in [-0.05, 0) is 19.3 Å². The second kappa shape index (κ2) is 7.56. The number of hydrogen-bond donors (Lipinski definition) is 0. The van der Waals surface area contributed by atoms with Crippen LogP contribution in [-0.4, -0.2) is 41.8 Å². The molecular weight excluding hydrogens is 349 g/mol. The average Bonchev–Trinajstić information content (AvgIpc) is 2.36. The second-order valence-corrected chi connectivity index (χ2v) is 5.76. The van der Waals surface area contributed by atoms with Gasteiger partial charge < -0.3 is 4.90 Å². The molecule has 0 radical (unpaired) electrons. The number of carbonyl (C=O) groups is 1. The number of alkyl halides is 6. The van der Waals surface area contributed by atoms with Crippen LogP contribution in [0.4, 0.5) is 22.0 Å². The van der Waals surface area contributed by atoms with Crippen LogP contribution in [0.3, 0.4) is 0 Å². The molecule has 118 valence electrons. The number of halogens is 6. The molecule has 0 saturated heterocycles. The Morgan fingerprint density at radius 2 is 1.95 bits per heavy atom. The smallest absolute Gasteiger partial charge is 0.336 e. The maximum absolute atomic E-state index is 12.7. The van der Waals surface area contributed by atoms with E-state index in [1.165, 1.54) is 0 Å². The van der Waals surface area contributed by atoms with Gasteiger partial charge in [0.2, 0.25) is 5.91 Å². The Morgan fingerprint density at radius 1 is 1.30 bits per heavy atom. The third kappa shape index (κ3) is 5.18. The van der Waals surface area contributed by atoms with Gasteiger partial charge in [0.1, 0.15) is 0 Å². The van der Waals surface area contributed by atoms with E-state index in [9.17, 15) is 26.7 Å². The van der Waals surface area contributed by atoms with Crippen molar-refractivity contribution >= 4 is 21.8 Å². The molecule has 20 heavy (non-hydrogen) atoms. The lowest BCUT2D eigenvalue weighted by Crippen LogP contribution is -2.43. The van der Waals surface area contributed by atoms with Crippen molar-refractivity contribution in [3.63, 3.8) is 0 Å². The predicted molar refractivity (Wildman–Crippen MR) is 67.9 cm³/mol. The highest BCUT2D eigenvalue weighted by atomic mass is 79.9. The van der Waals surface area contributed by atoms with Gasteiger partial charge in [-0.1, -0.05) is 22.4 Å². The van der Waals surface area contributed by atoms with E-state index in [0.29, 0.717) is 18.2 Å². The zero-order chi connectivity index (χ0) is 15.3. The van der Waals surface area contributed by atoms with Crippen LogP contribution in [0.2, 0.25) is 0 Å². The van der Waals surface area contributed by atoms with E-state index < -0.39 is 36.9 Å². The van der Waals surface area contributed by atoms with Gasteiger partial charge in [-0.3, -0.25) is 4.79 Å². The molecule has 0 bridgehead atoms. The van der Waals surface area contributed by atoms with Crippen molar-refractivity contribution < 1.29 is 26.7 Å². The van der Waals surface area contributed by atoms with E-state index in [-0.39, 0.29) is 19.4 Å². The fraction of sp³-hybridized carbons (Fsp3) is 0.917. The molecule has 0 aromatic heterocycles. The Labute approximate surface area is 122 Å². The fourth-order valence-corrected chi connectivity index (χ4v) is 2.96. The minimum Gasteiger partial charge on any atom is -0.336 e. The summed E-state index contributed by atoms with van der Waals surface area (Å²) >= 11 is 3.06. The summed E-state index contributed by atoms with van der Waals surface area (Å²) < 4.78 is 62.9. The molecule has 1 fully saturated rings. The summed E-state index contributed by atoms with van der Waals surface area (Å²) in [5.74, 6) is -2.88. The molecular formula is C12H17BrF5NO. The van der Waals surface area contributed by atoms with Gasteiger partial charge in [-0.2, -0.15) is 13.2 Å². The Balaban J connectivity index is 2.68. The quantitative estimate of drug-likeness (QED) is 0.535. The lowest BCUT2D eigenvalue weighted by molar-refractivity contribution is -0.187. The molecule has 8 heteroatoms. The monoisotopic (exact) mass is 365 g/mol. The van der Waals surface area contributed by atoms with Crippen LogP contribution in [-0.2, 0) is 4.79 Å². The van der Waals surface area contributed by atoms with Gasteiger partial charge in [-0.15, -0.1) is 0 Å². The summed E-state index contributed by atoms with van der Waals surface area (Å²) in [5.41, 5.74) is 0. The van der Waals surface area contributed by atoms with Crippen molar-refractivity contribution in [1.29, 1.82) is 0 Å². The summed E-state index contributed by atoms with van der Waals surface area (Å²) in [4.78, 5) is 13.1.